The van der Waals surface area contributed by atoms with Gasteiger partial charge in [0.25, 0.3) is 0 Å². The van der Waals surface area contributed by atoms with Crippen LogP contribution in [0.25, 0.3) is 0 Å². The van der Waals surface area contributed by atoms with Crippen molar-refractivity contribution in [2.75, 3.05) is 7.11 Å². The molecule has 1 aromatic rings. The topological polar surface area (TPSA) is 89.1 Å². The predicted molar refractivity (Wildman–Crippen MR) is 42.2 cm³/mol. The van der Waals surface area contributed by atoms with Crippen molar-refractivity contribution in [3.8, 4) is 11.8 Å². The fourth-order valence-corrected chi connectivity index (χ4v) is 0.778. The zero-order chi connectivity index (χ0) is 9.84. The summed E-state index contributed by atoms with van der Waals surface area (Å²) >= 11 is 0. The van der Waals surface area contributed by atoms with Crippen molar-refractivity contribution in [1.82, 2.24) is 4.98 Å². The highest BCUT2D eigenvalue weighted by Gasteiger charge is 2.15. The van der Waals surface area contributed by atoms with Gasteiger partial charge in [0.15, 0.2) is 17.5 Å². The van der Waals surface area contributed by atoms with Gasteiger partial charge < -0.3 is 14.9 Å². The molecular weight excluding hydrogens is 174 g/mol. The van der Waals surface area contributed by atoms with Crippen molar-refractivity contribution < 1.29 is 9.66 Å². The molecule has 0 aliphatic carbocycles. The molecule has 0 fully saturated rings. The van der Waals surface area contributed by atoms with E-state index in [0.29, 0.717) is 5.75 Å². The van der Waals surface area contributed by atoms with Crippen LogP contribution in [0, 0.1) is 21.4 Å². The third-order valence-electron chi connectivity index (χ3n) is 1.37. The Kier molecular flexibility index (Phi) is 2.40. The predicted octanol–water partition coefficient (Wildman–Crippen LogP) is 0.870. The van der Waals surface area contributed by atoms with Crippen molar-refractivity contribution >= 4 is 5.82 Å². The number of rotatable bonds is 2. The minimum atomic E-state index is -0.710. The second-order valence-electron chi connectivity index (χ2n) is 2.12. The first-order valence-electron chi connectivity index (χ1n) is 3.27. The quantitative estimate of drug-likeness (QED) is 0.496. The summed E-state index contributed by atoms with van der Waals surface area (Å²) in [6.45, 7) is 0. The number of pyridine rings is 1. The van der Waals surface area contributed by atoms with Crippen LogP contribution < -0.4 is 4.74 Å². The zero-order valence-corrected chi connectivity index (χ0v) is 6.72. The second-order valence-corrected chi connectivity index (χ2v) is 2.12. The van der Waals surface area contributed by atoms with Crippen LogP contribution in [0.15, 0.2) is 12.3 Å². The number of nitrogens with zero attached hydrogens (tertiary/aromatic N) is 3. The Labute approximate surface area is 73.5 Å². The van der Waals surface area contributed by atoms with E-state index in [1.165, 1.54) is 19.4 Å². The summed E-state index contributed by atoms with van der Waals surface area (Å²) in [5, 5.41) is 18.9. The summed E-state index contributed by atoms with van der Waals surface area (Å²) in [7, 11) is 1.39. The third kappa shape index (κ3) is 1.70. The molecule has 0 radical (unpaired) electrons. The first kappa shape index (κ1) is 8.93. The molecule has 0 unspecified atom stereocenters. The monoisotopic (exact) mass is 179 g/mol. The highest BCUT2D eigenvalue weighted by atomic mass is 16.6. The fraction of sp³-hybridized carbons (Fsp3) is 0.143. The highest BCUT2D eigenvalue weighted by Crippen LogP contribution is 2.19. The largest absolute Gasteiger partial charge is 0.493 e. The van der Waals surface area contributed by atoms with Gasteiger partial charge in [0.05, 0.1) is 7.11 Å². The first-order chi connectivity index (χ1) is 6.19. The van der Waals surface area contributed by atoms with E-state index in [-0.39, 0.29) is 5.56 Å². The molecule has 0 saturated carbocycles. The van der Waals surface area contributed by atoms with Gasteiger partial charge in [-0.15, -0.1) is 0 Å². The number of ether oxygens (including phenoxy) is 1. The fourth-order valence-electron chi connectivity index (χ4n) is 0.778. The molecular formula is C7H5N3O3. The minimum absolute atomic E-state index is 0.107. The van der Waals surface area contributed by atoms with Crippen molar-refractivity contribution in [3.05, 3.63) is 27.9 Å². The molecule has 0 N–H and O–H groups in total. The molecule has 1 rings (SSSR count). The maximum atomic E-state index is 10.3. The average molecular weight is 179 g/mol. The van der Waals surface area contributed by atoms with Gasteiger partial charge in [-0.25, -0.2) is 0 Å². The van der Waals surface area contributed by atoms with E-state index >= 15 is 0 Å². The Morgan fingerprint density at radius 1 is 1.77 bits per heavy atom. The summed E-state index contributed by atoms with van der Waals surface area (Å²) < 4.78 is 4.76. The summed E-state index contributed by atoms with van der Waals surface area (Å²) in [5.74, 6) is -0.134. The van der Waals surface area contributed by atoms with Crippen molar-refractivity contribution in [1.29, 1.82) is 5.26 Å². The maximum Gasteiger partial charge on any atom is 0.381 e. The summed E-state index contributed by atoms with van der Waals surface area (Å²) in [6, 6.07) is 2.94. The van der Waals surface area contributed by atoms with Gasteiger partial charge in [-0.3, -0.25) is 0 Å². The van der Waals surface area contributed by atoms with E-state index < -0.39 is 10.7 Å². The molecule has 1 heterocycles. The Morgan fingerprint density at radius 2 is 2.46 bits per heavy atom. The summed E-state index contributed by atoms with van der Waals surface area (Å²) in [5.41, 5.74) is -0.107. The number of hydrogen-bond donors (Lipinski definition) is 0. The van der Waals surface area contributed by atoms with Crippen LogP contribution in [-0.2, 0) is 0 Å². The Morgan fingerprint density at radius 3 is 2.92 bits per heavy atom. The van der Waals surface area contributed by atoms with Crippen LogP contribution in [0.5, 0.6) is 5.75 Å². The van der Waals surface area contributed by atoms with Gasteiger partial charge in [-0.1, -0.05) is 0 Å². The van der Waals surface area contributed by atoms with E-state index in [1.807, 2.05) is 0 Å². The SMILES string of the molecule is COc1cnc([N+](=O)[O-])c(C#N)c1. The third-order valence-corrected chi connectivity index (χ3v) is 1.37. The van der Waals surface area contributed by atoms with Crippen LogP contribution in [0.3, 0.4) is 0 Å². The molecule has 6 nitrogen and oxygen atoms in total. The number of aromatic nitrogens is 1. The van der Waals surface area contributed by atoms with Gasteiger partial charge in [0.1, 0.15) is 6.07 Å². The summed E-state index contributed by atoms with van der Waals surface area (Å²) in [4.78, 5) is 13.1. The molecule has 0 spiro atoms. The molecule has 6 heteroatoms. The molecule has 66 valence electrons. The van der Waals surface area contributed by atoms with Crippen LogP contribution in [0.2, 0.25) is 0 Å². The van der Waals surface area contributed by atoms with Gasteiger partial charge >= 0.3 is 5.82 Å². The van der Waals surface area contributed by atoms with Crippen molar-refractivity contribution in [3.63, 3.8) is 0 Å². The molecule has 13 heavy (non-hydrogen) atoms. The van der Waals surface area contributed by atoms with Crippen LogP contribution >= 0.6 is 0 Å². The van der Waals surface area contributed by atoms with E-state index in [9.17, 15) is 10.1 Å². The highest BCUT2D eigenvalue weighted by molar-refractivity contribution is 5.46. The number of hydrogen-bond acceptors (Lipinski definition) is 5. The first-order valence-corrected chi connectivity index (χ1v) is 3.27. The van der Waals surface area contributed by atoms with Crippen molar-refractivity contribution in [2.24, 2.45) is 0 Å². The molecule has 0 aliphatic rings. The van der Waals surface area contributed by atoms with Crippen LogP contribution in [-0.4, -0.2) is 17.0 Å². The van der Waals surface area contributed by atoms with Crippen molar-refractivity contribution in [2.45, 2.75) is 0 Å². The standard InChI is InChI=1S/C7H5N3O3/c1-13-6-2-5(3-8)7(9-4-6)10(11)12/h2,4H,1H3. The number of nitro groups is 1. The smallest absolute Gasteiger partial charge is 0.381 e. The molecule has 0 aliphatic heterocycles. The normalized spacial score (nSPS) is 8.92. The second kappa shape index (κ2) is 3.49. The van der Waals surface area contributed by atoms with Gasteiger partial charge in [-0.2, -0.15) is 5.26 Å². The lowest BCUT2D eigenvalue weighted by Gasteiger charge is -1.97. The lowest BCUT2D eigenvalue weighted by molar-refractivity contribution is -0.389. The lowest BCUT2D eigenvalue weighted by Crippen LogP contribution is -1.96. The molecule has 0 atom stereocenters. The van der Waals surface area contributed by atoms with Gasteiger partial charge in [0.2, 0.25) is 0 Å². The molecule has 0 saturated heterocycles. The van der Waals surface area contributed by atoms with Crippen LogP contribution in [0.1, 0.15) is 5.56 Å². The Balaban J connectivity index is 3.26. The average Bonchev–Trinajstić information content (AvgIpc) is 2.16. The van der Waals surface area contributed by atoms with Gasteiger partial charge in [0, 0.05) is 6.07 Å². The number of nitriles is 1. The maximum absolute atomic E-state index is 10.3. The van der Waals surface area contributed by atoms with E-state index in [0.717, 1.165) is 0 Å². The lowest BCUT2D eigenvalue weighted by atomic mass is 10.3. The Bertz CT molecular complexity index is 383. The minimum Gasteiger partial charge on any atom is -0.493 e. The van der Waals surface area contributed by atoms with Gasteiger partial charge in [-0.05, 0) is 9.91 Å². The van der Waals surface area contributed by atoms with E-state index in [1.54, 1.807) is 6.07 Å². The van der Waals surface area contributed by atoms with Crippen LogP contribution in [0.4, 0.5) is 5.82 Å². The zero-order valence-electron chi connectivity index (χ0n) is 6.72. The van der Waals surface area contributed by atoms with E-state index in [2.05, 4.69) is 4.98 Å². The molecule has 0 aromatic carbocycles. The molecule has 1 aromatic heterocycles. The molecule has 0 bridgehead atoms. The van der Waals surface area contributed by atoms with E-state index in [4.69, 9.17) is 10.00 Å². The summed E-state index contributed by atoms with van der Waals surface area (Å²) in [6.07, 6.45) is 1.19. The molecule has 0 amide bonds. The number of methoxy groups -OCH3 is 1. The Hall–Kier alpha value is -2.16.